The van der Waals surface area contributed by atoms with E-state index in [2.05, 4.69) is 14.7 Å². The highest BCUT2D eigenvalue weighted by molar-refractivity contribution is 7.88. The van der Waals surface area contributed by atoms with Gasteiger partial charge >= 0.3 is 0 Å². The third-order valence-electron chi connectivity index (χ3n) is 3.59. The van der Waals surface area contributed by atoms with Crippen molar-refractivity contribution >= 4 is 21.1 Å². The second-order valence-corrected chi connectivity index (χ2v) is 7.07. The van der Waals surface area contributed by atoms with Gasteiger partial charge in [-0.25, -0.2) is 18.1 Å². The van der Waals surface area contributed by atoms with E-state index in [0.29, 0.717) is 0 Å². The molecule has 0 saturated carbocycles. The van der Waals surface area contributed by atoms with Crippen LogP contribution >= 0.6 is 0 Å². The molecule has 1 heterocycles. The number of H-pyrrole nitrogens is 1. The van der Waals surface area contributed by atoms with E-state index in [1.165, 1.54) is 0 Å². The largest absolute Gasteiger partial charge is 0.345 e. The average molecular weight is 315 g/mol. The van der Waals surface area contributed by atoms with E-state index in [4.69, 9.17) is 0 Å². The minimum Gasteiger partial charge on any atom is -0.345 e. The number of hydrogen-bond acceptors (Lipinski definition) is 3. The van der Waals surface area contributed by atoms with Crippen molar-refractivity contribution in [1.29, 1.82) is 0 Å². The topological polar surface area (TPSA) is 74.8 Å². The van der Waals surface area contributed by atoms with Gasteiger partial charge < -0.3 is 4.98 Å². The molecule has 2 aromatic carbocycles. The molecule has 0 aliphatic rings. The van der Waals surface area contributed by atoms with Crippen molar-refractivity contribution in [2.45, 2.75) is 19.2 Å². The minimum atomic E-state index is -3.37. The van der Waals surface area contributed by atoms with Crippen LogP contribution in [0.15, 0.2) is 48.8 Å². The van der Waals surface area contributed by atoms with Gasteiger partial charge in [0.1, 0.15) is 0 Å². The lowest BCUT2D eigenvalue weighted by atomic mass is 10.1. The molecule has 2 N–H and O–H groups in total. The number of hydrogen-bond donors (Lipinski definition) is 2. The average Bonchev–Trinajstić information content (AvgIpc) is 2.95. The molecule has 0 bridgehead atoms. The lowest BCUT2D eigenvalue weighted by Gasteiger charge is -2.09. The Balaban J connectivity index is 1.70. The molecule has 0 spiro atoms. The highest BCUT2D eigenvalue weighted by Gasteiger charge is 2.12. The zero-order valence-electron chi connectivity index (χ0n) is 12.2. The van der Waals surface area contributed by atoms with Crippen LogP contribution in [0.25, 0.3) is 11.0 Å². The summed E-state index contributed by atoms with van der Waals surface area (Å²) in [6, 6.07) is 13.2. The monoisotopic (exact) mass is 315 g/mol. The zero-order chi connectivity index (χ0) is 15.6. The Hall–Kier alpha value is -2.18. The van der Waals surface area contributed by atoms with Crippen LogP contribution in [-0.4, -0.2) is 18.4 Å². The molecule has 0 aliphatic heterocycles. The smallest absolute Gasteiger partial charge is 0.216 e. The first kappa shape index (κ1) is 14.7. The normalized spacial score (nSPS) is 11.9. The molecule has 0 fully saturated rings. The summed E-state index contributed by atoms with van der Waals surface area (Å²) >= 11 is 0. The number of aromatic amines is 1. The molecule has 5 nitrogen and oxygen atoms in total. The predicted octanol–water partition coefficient (Wildman–Crippen LogP) is 2.49. The number of benzene rings is 2. The molecule has 6 heteroatoms. The van der Waals surface area contributed by atoms with E-state index in [-0.39, 0.29) is 12.3 Å². The molecule has 1 aromatic heterocycles. The summed E-state index contributed by atoms with van der Waals surface area (Å²) in [7, 11) is -3.37. The van der Waals surface area contributed by atoms with Crippen LogP contribution in [0.1, 0.15) is 16.7 Å². The number of rotatable bonds is 5. The zero-order valence-corrected chi connectivity index (χ0v) is 13.0. The number of fused-ring (bicyclic) bond motifs is 1. The van der Waals surface area contributed by atoms with Crippen LogP contribution in [0.3, 0.4) is 0 Å². The number of imidazole rings is 1. The Kier molecular flexibility index (Phi) is 3.96. The van der Waals surface area contributed by atoms with Gasteiger partial charge in [-0.1, -0.05) is 30.3 Å². The first-order valence-electron chi connectivity index (χ1n) is 6.97. The van der Waals surface area contributed by atoms with Gasteiger partial charge in [-0.05, 0) is 35.7 Å². The molecule has 0 amide bonds. The Morgan fingerprint density at radius 3 is 2.82 bits per heavy atom. The molecular weight excluding hydrogens is 298 g/mol. The van der Waals surface area contributed by atoms with Crippen molar-refractivity contribution in [3.05, 3.63) is 65.5 Å². The number of nitrogens with one attached hydrogen (secondary N) is 2. The van der Waals surface area contributed by atoms with Crippen molar-refractivity contribution in [2.75, 3.05) is 0 Å². The summed E-state index contributed by atoms with van der Waals surface area (Å²) in [6.45, 7) is 2.18. The number of sulfonamides is 1. The Bertz CT molecular complexity index is 900. The lowest BCUT2D eigenvalue weighted by molar-refractivity contribution is 0.580. The molecule has 0 saturated heterocycles. The predicted molar refractivity (Wildman–Crippen MR) is 86.7 cm³/mol. The Morgan fingerprint density at radius 2 is 2.00 bits per heavy atom. The maximum Gasteiger partial charge on any atom is 0.216 e. The molecule has 22 heavy (non-hydrogen) atoms. The van der Waals surface area contributed by atoms with Gasteiger partial charge in [0.05, 0.1) is 23.1 Å². The Labute approximate surface area is 129 Å². The number of nitrogens with zero attached hydrogens (tertiary/aromatic N) is 1. The number of aryl methyl sites for hydroxylation is 1. The molecule has 0 unspecified atom stereocenters. The van der Waals surface area contributed by atoms with Gasteiger partial charge in [0.2, 0.25) is 10.0 Å². The van der Waals surface area contributed by atoms with Crippen LogP contribution in [0.4, 0.5) is 0 Å². The second kappa shape index (κ2) is 5.90. The maximum atomic E-state index is 12.2. The van der Waals surface area contributed by atoms with Gasteiger partial charge in [0, 0.05) is 6.54 Å². The van der Waals surface area contributed by atoms with Gasteiger partial charge in [0.15, 0.2) is 0 Å². The van der Waals surface area contributed by atoms with Gasteiger partial charge in [0.25, 0.3) is 0 Å². The van der Waals surface area contributed by atoms with Crippen LogP contribution in [0, 0.1) is 6.92 Å². The van der Waals surface area contributed by atoms with Crippen molar-refractivity contribution < 1.29 is 8.42 Å². The van der Waals surface area contributed by atoms with E-state index < -0.39 is 10.0 Å². The molecular formula is C16H17N3O2S. The third kappa shape index (κ3) is 3.35. The summed E-state index contributed by atoms with van der Waals surface area (Å²) in [5, 5.41) is 0. The molecule has 3 rings (SSSR count). The molecule has 114 valence electrons. The van der Waals surface area contributed by atoms with Crippen molar-refractivity contribution in [1.82, 2.24) is 14.7 Å². The van der Waals surface area contributed by atoms with E-state index >= 15 is 0 Å². The molecule has 0 aliphatic carbocycles. The lowest BCUT2D eigenvalue weighted by Crippen LogP contribution is -2.25. The SMILES string of the molecule is Cc1ccccc1CS(=O)(=O)NCc1ccc2nc[nH]c2c1. The van der Waals surface area contributed by atoms with Crippen molar-refractivity contribution in [3.63, 3.8) is 0 Å². The fourth-order valence-corrected chi connectivity index (χ4v) is 3.54. The van der Waals surface area contributed by atoms with Crippen molar-refractivity contribution in [3.8, 4) is 0 Å². The fraction of sp³-hybridized carbons (Fsp3) is 0.188. The quantitative estimate of drug-likeness (QED) is 0.759. The van der Waals surface area contributed by atoms with E-state index in [1.807, 2.05) is 49.4 Å². The number of aromatic nitrogens is 2. The van der Waals surface area contributed by atoms with Gasteiger partial charge in [-0.3, -0.25) is 0 Å². The summed E-state index contributed by atoms with van der Waals surface area (Å²) in [4.78, 5) is 7.16. The van der Waals surface area contributed by atoms with Crippen molar-refractivity contribution in [2.24, 2.45) is 0 Å². The second-order valence-electron chi connectivity index (χ2n) is 5.26. The van der Waals surface area contributed by atoms with Gasteiger partial charge in [-0.2, -0.15) is 0 Å². The highest BCUT2D eigenvalue weighted by atomic mass is 32.2. The standard InChI is InChI=1S/C16H17N3O2S/c1-12-4-2-3-5-14(12)10-22(20,21)19-9-13-6-7-15-16(8-13)18-11-17-15/h2-8,11,19H,9-10H2,1H3,(H,17,18). The molecule has 0 atom stereocenters. The van der Waals surface area contributed by atoms with Crippen LogP contribution in [0.5, 0.6) is 0 Å². The van der Waals surface area contributed by atoms with Gasteiger partial charge in [-0.15, -0.1) is 0 Å². The van der Waals surface area contributed by atoms with E-state index in [9.17, 15) is 8.42 Å². The third-order valence-corrected chi connectivity index (χ3v) is 4.86. The minimum absolute atomic E-state index is 0.00796. The Morgan fingerprint density at radius 1 is 1.18 bits per heavy atom. The molecule has 3 aromatic rings. The first-order chi connectivity index (χ1) is 10.5. The maximum absolute atomic E-state index is 12.2. The van der Waals surface area contributed by atoms with Crippen LogP contribution in [-0.2, 0) is 22.3 Å². The summed E-state index contributed by atoms with van der Waals surface area (Å²) in [5.74, 6) is -0.00796. The summed E-state index contributed by atoms with van der Waals surface area (Å²) in [6.07, 6.45) is 1.62. The van der Waals surface area contributed by atoms with Crippen LogP contribution in [0.2, 0.25) is 0 Å². The van der Waals surface area contributed by atoms with E-state index in [1.54, 1.807) is 6.33 Å². The van der Waals surface area contributed by atoms with E-state index in [0.717, 1.165) is 27.7 Å². The summed E-state index contributed by atoms with van der Waals surface area (Å²) < 4.78 is 27.1. The molecule has 0 radical (unpaired) electrons. The first-order valence-corrected chi connectivity index (χ1v) is 8.62. The van der Waals surface area contributed by atoms with Crippen LogP contribution < -0.4 is 4.72 Å². The summed E-state index contributed by atoms with van der Waals surface area (Å²) in [5.41, 5.74) is 4.46. The fourth-order valence-electron chi connectivity index (χ4n) is 2.31. The highest BCUT2D eigenvalue weighted by Crippen LogP contribution is 2.13.